The SMILES string of the molecule is COC(=O)[C@@]12[C@@H]3[C@@H]4CC[C@@H]5OC(=O)[C@@]16[C@H]([C@H]3[C@@H]1[C@@H]6[C@H]3CCC[C@H]3[C@@H]12)[C@@H]45. The third-order valence-electron chi connectivity index (χ3n) is 11.1. The van der Waals surface area contributed by atoms with Gasteiger partial charge in [-0.2, -0.15) is 0 Å². The van der Waals surface area contributed by atoms with Crippen LogP contribution in [0, 0.1) is 70.0 Å². The van der Waals surface area contributed by atoms with Crippen molar-refractivity contribution in [3.8, 4) is 0 Å². The molecule has 1 heterocycles. The molecule has 1 spiro atoms. The summed E-state index contributed by atoms with van der Waals surface area (Å²) in [6.07, 6.45) is 6.18. The number of carbonyl (C=O) groups is 2. The molecule has 8 aliphatic carbocycles. The number of hydrogen-bond donors (Lipinski definition) is 0. The predicted molar refractivity (Wildman–Crippen MR) is 84.7 cm³/mol. The van der Waals surface area contributed by atoms with Crippen molar-refractivity contribution < 1.29 is 19.1 Å². The quantitative estimate of drug-likeness (QED) is 0.687. The summed E-state index contributed by atoms with van der Waals surface area (Å²) in [5.41, 5.74) is -0.996. The van der Waals surface area contributed by atoms with Crippen LogP contribution in [0.15, 0.2) is 0 Å². The van der Waals surface area contributed by atoms with E-state index in [1.165, 1.54) is 19.3 Å². The molecule has 4 nitrogen and oxygen atoms in total. The van der Waals surface area contributed by atoms with E-state index in [0.29, 0.717) is 59.2 Å². The molecule has 8 saturated carbocycles. The molecule has 0 radical (unpaired) electrons. The Labute approximate surface area is 147 Å². The zero-order valence-corrected chi connectivity index (χ0v) is 14.5. The van der Waals surface area contributed by atoms with Crippen LogP contribution in [0.3, 0.4) is 0 Å². The lowest BCUT2D eigenvalue weighted by atomic mass is 9.43. The molecule has 1 aliphatic heterocycles. The maximum atomic E-state index is 13.6. The molecule has 8 bridgehead atoms. The van der Waals surface area contributed by atoms with Crippen LogP contribution in [-0.2, 0) is 19.1 Å². The molecular formula is C21H24O4. The van der Waals surface area contributed by atoms with Crippen LogP contribution in [0.25, 0.3) is 0 Å². The first-order chi connectivity index (χ1) is 12.2. The number of ether oxygens (including phenoxy) is 2. The molecule has 4 heteroatoms. The minimum Gasteiger partial charge on any atom is -0.469 e. The van der Waals surface area contributed by atoms with Gasteiger partial charge in [-0.1, -0.05) is 6.42 Å². The van der Waals surface area contributed by atoms with E-state index in [2.05, 4.69) is 0 Å². The van der Waals surface area contributed by atoms with Gasteiger partial charge >= 0.3 is 11.9 Å². The van der Waals surface area contributed by atoms with Crippen LogP contribution in [0.2, 0.25) is 0 Å². The largest absolute Gasteiger partial charge is 0.469 e. The van der Waals surface area contributed by atoms with Gasteiger partial charge in [0.05, 0.1) is 17.9 Å². The number of hydrogen-bond acceptors (Lipinski definition) is 4. The fraction of sp³-hybridized carbons (Fsp3) is 0.905. The number of carbonyl (C=O) groups excluding carboxylic acids is 2. The number of methoxy groups -OCH3 is 1. The predicted octanol–water partition coefficient (Wildman–Crippen LogP) is 2.27. The van der Waals surface area contributed by atoms with Crippen LogP contribution >= 0.6 is 0 Å². The zero-order valence-electron chi connectivity index (χ0n) is 14.5. The highest BCUT2D eigenvalue weighted by molar-refractivity contribution is 5.95. The first kappa shape index (κ1) is 13.2. The van der Waals surface area contributed by atoms with Crippen LogP contribution in [0.4, 0.5) is 0 Å². The van der Waals surface area contributed by atoms with Gasteiger partial charge in [-0.15, -0.1) is 0 Å². The first-order valence-electron chi connectivity index (χ1n) is 10.5. The Kier molecular flexibility index (Phi) is 1.79. The Morgan fingerprint density at radius 1 is 0.960 bits per heavy atom. The molecule has 0 N–H and O–H groups in total. The summed E-state index contributed by atoms with van der Waals surface area (Å²) in [6.45, 7) is 0. The van der Waals surface area contributed by atoms with Gasteiger partial charge in [-0.3, -0.25) is 9.59 Å². The lowest BCUT2D eigenvalue weighted by Crippen LogP contribution is -2.68. The van der Waals surface area contributed by atoms with Gasteiger partial charge in [0.25, 0.3) is 0 Å². The molecule has 0 aromatic carbocycles. The highest BCUT2D eigenvalue weighted by Crippen LogP contribution is 2.98. The van der Waals surface area contributed by atoms with Crippen molar-refractivity contribution in [1.82, 2.24) is 0 Å². The summed E-state index contributed by atoms with van der Waals surface area (Å²) in [6, 6.07) is 0. The number of fused-ring (bicyclic) bond motifs is 1. The third kappa shape index (κ3) is 0.848. The zero-order chi connectivity index (χ0) is 16.5. The molecule has 1 saturated heterocycles. The molecule has 9 fully saturated rings. The van der Waals surface area contributed by atoms with E-state index >= 15 is 0 Å². The van der Waals surface area contributed by atoms with Gasteiger partial charge in [0.1, 0.15) is 6.10 Å². The summed E-state index contributed by atoms with van der Waals surface area (Å²) >= 11 is 0. The molecule has 132 valence electrons. The van der Waals surface area contributed by atoms with E-state index in [9.17, 15) is 9.59 Å². The average Bonchev–Trinajstić information content (AvgIpc) is 3.36. The summed E-state index contributed by atoms with van der Waals surface area (Å²) < 4.78 is 11.6. The second kappa shape index (κ2) is 3.41. The normalized spacial score (nSPS) is 71.1. The van der Waals surface area contributed by atoms with Crippen LogP contribution < -0.4 is 0 Å². The van der Waals surface area contributed by atoms with Gasteiger partial charge in [0.2, 0.25) is 0 Å². The van der Waals surface area contributed by atoms with Crippen molar-refractivity contribution in [2.75, 3.05) is 7.11 Å². The molecule has 0 aromatic heterocycles. The van der Waals surface area contributed by atoms with Crippen molar-refractivity contribution in [3.05, 3.63) is 0 Å². The van der Waals surface area contributed by atoms with E-state index in [1.807, 2.05) is 0 Å². The average molecular weight is 340 g/mol. The van der Waals surface area contributed by atoms with E-state index < -0.39 is 10.8 Å². The minimum atomic E-state index is -0.508. The van der Waals surface area contributed by atoms with Crippen molar-refractivity contribution in [2.24, 2.45) is 70.0 Å². The summed E-state index contributed by atoms with van der Waals surface area (Å²) in [4.78, 5) is 27.1. The topological polar surface area (TPSA) is 52.6 Å². The Hall–Kier alpha value is -1.06. The molecule has 9 rings (SSSR count). The lowest BCUT2D eigenvalue weighted by molar-refractivity contribution is -0.232. The smallest absolute Gasteiger partial charge is 0.314 e. The lowest BCUT2D eigenvalue weighted by Gasteiger charge is -2.60. The number of rotatable bonds is 1. The standard InChI is InChI=1S/C21H24O4/c1-24-18(22)20-14-7-3-2-4-8(7)15-12(14)13-16(20)9-5-6-10-11(9)17(13)21(15,20)19(23)25-10/h7-17H,2-6H2,1H3/t7-,8+,9-,10+,11+,12+,13+,14+,15+,16-,17+,20-,21-/m1/s1. The van der Waals surface area contributed by atoms with Gasteiger partial charge in [-0.25, -0.2) is 0 Å². The second-order valence-corrected chi connectivity index (χ2v) is 10.5. The summed E-state index contributed by atoms with van der Waals surface area (Å²) in [5.74, 6) is 5.53. The highest BCUT2D eigenvalue weighted by atomic mass is 16.6. The minimum absolute atomic E-state index is 0.0253. The Bertz CT molecular complexity index is 758. The Balaban J connectivity index is 1.48. The Morgan fingerprint density at radius 2 is 1.68 bits per heavy atom. The van der Waals surface area contributed by atoms with Crippen molar-refractivity contribution in [3.63, 3.8) is 0 Å². The Morgan fingerprint density at radius 3 is 2.48 bits per heavy atom. The van der Waals surface area contributed by atoms with Crippen LogP contribution in [0.5, 0.6) is 0 Å². The van der Waals surface area contributed by atoms with Crippen molar-refractivity contribution >= 4 is 11.9 Å². The van der Waals surface area contributed by atoms with Crippen LogP contribution in [-0.4, -0.2) is 25.2 Å². The van der Waals surface area contributed by atoms with Gasteiger partial charge in [0, 0.05) is 5.92 Å². The van der Waals surface area contributed by atoms with Gasteiger partial charge < -0.3 is 9.47 Å². The third-order valence-corrected chi connectivity index (χ3v) is 11.1. The molecule has 13 atom stereocenters. The first-order valence-corrected chi connectivity index (χ1v) is 10.5. The molecule has 0 aromatic rings. The molecule has 25 heavy (non-hydrogen) atoms. The van der Waals surface area contributed by atoms with E-state index in [1.54, 1.807) is 7.11 Å². The second-order valence-electron chi connectivity index (χ2n) is 10.5. The van der Waals surface area contributed by atoms with E-state index in [0.717, 1.165) is 12.8 Å². The van der Waals surface area contributed by atoms with Gasteiger partial charge in [0.15, 0.2) is 0 Å². The molecule has 0 unspecified atom stereocenters. The van der Waals surface area contributed by atoms with E-state index in [-0.39, 0.29) is 18.0 Å². The van der Waals surface area contributed by atoms with Gasteiger partial charge in [-0.05, 0) is 78.9 Å². The highest BCUT2D eigenvalue weighted by Gasteiger charge is 3.02. The molecular weight excluding hydrogens is 316 g/mol. The molecule has 0 amide bonds. The molecule has 9 aliphatic rings. The van der Waals surface area contributed by atoms with Crippen LogP contribution in [0.1, 0.15) is 32.1 Å². The maximum Gasteiger partial charge on any atom is 0.314 e. The number of esters is 2. The van der Waals surface area contributed by atoms with Crippen molar-refractivity contribution in [1.29, 1.82) is 0 Å². The van der Waals surface area contributed by atoms with E-state index in [4.69, 9.17) is 9.47 Å². The fourth-order valence-corrected chi connectivity index (χ4v) is 11.9. The van der Waals surface area contributed by atoms with Crippen molar-refractivity contribution in [2.45, 2.75) is 38.2 Å². The maximum absolute atomic E-state index is 13.6. The monoisotopic (exact) mass is 340 g/mol. The fourth-order valence-electron chi connectivity index (χ4n) is 11.9. The summed E-state index contributed by atoms with van der Waals surface area (Å²) in [7, 11) is 1.55. The summed E-state index contributed by atoms with van der Waals surface area (Å²) in [5, 5.41) is 0.